The lowest BCUT2D eigenvalue weighted by Gasteiger charge is -2.28. The van der Waals surface area contributed by atoms with Crippen molar-refractivity contribution in [2.24, 2.45) is 11.8 Å². The van der Waals surface area contributed by atoms with Gasteiger partial charge < -0.3 is 10.0 Å². The average molecular weight is 155 g/mol. The monoisotopic (exact) mass is 155 g/mol. The van der Waals surface area contributed by atoms with Crippen LogP contribution in [0.15, 0.2) is 0 Å². The minimum Gasteiger partial charge on any atom is -0.396 e. The lowest BCUT2D eigenvalue weighted by atomic mass is 9.86. The van der Waals surface area contributed by atoms with Gasteiger partial charge >= 0.3 is 0 Å². The third-order valence-corrected chi connectivity index (χ3v) is 3.35. The Morgan fingerprint density at radius 3 is 2.36 bits per heavy atom. The number of hydrogen-bond donors (Lipinski definition) is 1. The van der Waals surface area contributed by atoms with Crippen molar-refractivity contribution in [2.45, 2.75) is 19.3 Å². The highest BCUT2D eigenvalue weighted by Gasteiger charge is 2.29. The number of rotatable bonds is 1. The van der Waals surface area contributed by atoms with E-state index in [0.717, 1.165) is 5.92 Å². The molecule has 3 rings (SSSR count). The van der Waals surface area contributed by atoms with Crippen molar-refractivity contribution in [1.82, 2.24) is 4.90 Å². The lowest BCUT2D eigenvalue weighted by molar-refractivity contribution is 0.155. The van der Waals surface area contributed by atoms with Crippen LogP contribution < -0.4 is 0 Å². The third-order valence-electron chi connectivity index (χ3n) is 3.35. The van der Waals surface area contributed by atoms with Gasteiger partial charge in [-0.05, 0) is 50.7 Å². The molecule has 0 radical (unpaired) electrons. The van der Waals surface area contributed by atoms with E-state index >= 15 is 0 Å². The molecule has 11 heavy (non-hydrogen) atoms. The molecule has 64 valence electrons. The Morgan fingerprint density at radius 1 is 1.09 bits per heavy atom. The maximum absolute atomic E-state index is 9.12. The van der Waals surface area contributed by atoms with E-state index < -0.39 is 0 Å². The van der Waals surface area contributed by atoms with Crippen molar-refractivity contribution in [3.63, 3.8) is 0 Å². The van der Waals surface area contributed by atoms with Crippen LogP contribution in [-0.2, 0) is 0 Å². The predicted molar refractivity (Wildman–Crippen MR) is 44.4 cm³/mol. The zero-order chi connectivity index (χ0) is 7.68. The Morgan fingerprint density at radius 2 is 1.73 bits per heavy atom. The molecule has 3 saturated heterocycles. The summed E-state index contributed by atoms with van der Waals surface area (Å²) >= 11 is 0. The minimum atomic E-state index is 0.415. The van der Waals surface area contributed by atoms with Crippen molar-refractivity contribution in [3.8, 4) is 0 Å². The van der Waals surface area contributed by atoms with E-state index in [1.807, 2.05) is 0 Å². The van der Waals surface area contributed by atoms with Crippen molar-refractivity contribution in [2.75, 3.05) is 26.2 Å². The van der Waals surface area contributed by atoms with Crippen LogP contribution in [-0.4, -0.2) is 36.2 Å². The summed E-state index contributed by atoms with van der Waals surface area (Å²) in [5.41, 5.74) is 0. The number of nitrogens with zero attached hydrogens (tertiary/aromatic N) is 1. The highest BCUT2D eigenvalue weighted by Crippen LogP contribution is 2.31. The van der Waals surface area contributed by atoms with Crippen LogP contribution in [0.2, 0.25) is 0 Å². The van der Waals surface area contributed by atoms with Gasteiger partial charge in [-0.25, -0.2) is 0 Å². The number of piperidine rings is 1. The summed E-state index contributed by atoms with van der Waals surface area (Å²) < 4.78 is 0. The van der Waals surface area contributed by atoms with Gasteiger partial charge in [-0.2, -0.15) is 0 Å². The lowest BCUT2D eigenvalue weighted by Crippen LogP contribution is -2.31. The SMILES string of the molecule is OCC1CCN2CCC1CC2. The van der Waals surface area contributed by atoms with Crippen LogP contribution in [0, 0.1) is 11.8 Å². The van der Waals surface area contributed by atoms with Gasteiger partial charge in [-0.3, -0.25) is 0 Å². The van der Waals surface area contributed by atoms with Crippen LogP contribution in [0.3, 0.4) is 0 Å². The molecule has 2 nitrogen and oxygen atoms in total. The van der Waals surface area contributed by atoms with Crippen molar-refractivity contribution in [1.29, 1.82) is 0 Å². The smallest absolute Gasteiger partial charge is 0.0462 e. The maximum Gasteiger partial charge on any atom is 0.0462 e. The van der Waals surface area contributed by atoms with E-state index in [1.54, 1.807) is 0 Å². The Hall–Kier alpha value is -0.0800. The minimum absolute atomic E-state index is 0.415. The third kappa shape index (κ3) is 1.42. The first-order chi connectivity index (χ1) is 5.40. The van der Waals surface area contributed by atoms with E-state index in [1.165, 1.54) is 38.9 Å². The largest absolute Gasteiger partial charge is 0.396 e. The normalized spacial score (nSPS) is 43.9. The number of hydrogen-bond acceptors (Lipinski definition) is 2. The fourth-order valence-corrected chi connectivity index (χ4v) is 2.47. The van der Waals surface area contributed by atoms with E-state index in [4.69, 9.17) is 5.11 Å². The van der Waals surface area contributed by atoms with Gasteiger partial charge in [0.05, 0.1) is 0 Å². The van der Waals surface area contributed by atoms with Gasteiger partial charge in [0, 0.05) is 6.61 Å². The molecule has 1 unspecified atom stereocenters. The summed E-state index contributed by atoms with van der Waals surface area (Å²) in [5, 5.41) is 9.12. The zero-order valence-electron chi connectivity index (χ0n) is 7.00. The molecule has 3 aliphatic heterocycles. The van der Waals surface area contributed by atoms with Gasteiger partial charge in [-0.1, -0.05) is 0 Å². The van der Waals surface area contributed by atoms with Gasteiger partial charge in [0.2, 0.25) is 0 Å². The molecule has 2 bridgehead atoms. The molecule has 3 fully saturated rings. The fourth-order valence-electron chi connectivity index (χ4n) is 2.47. The molecule has 0 saturated carbocycles. The molecule has 3 aliphatic rings. The molecule has 0 aromatic rings. The van der Waals surface area contributed by atoms with Gasteiger partial charge in [-0.15, -0.1) is 0 Å². The van der Waals surface area contributed by atoms with Gasteiger partial charge in [0.1, 0.15) is 0 Å². The second-order valence-corrected chi connectivity index (χ2v) is 3.91. The quantitative estimate of drug-likeness (QED) is 0.603. The zero-order valence-corrected chi connectivity index (χ0v) is 7.00. The molecule has 0 aromatic carbocycles. The second-order valence-electron chi connectivity index (χ2n) is 3.91. The molecule has 0 amide bonds. The van der Waals surface area contributed by atoms with Crippen LogP contribution in [0.4, 0.5) is 0 Å². The number of fused-ring (bicyclic) bond motifs is 4. The summed E-state index contributed by atoms with van der Waals surface area (Å²) in [6, 6.07) is 0. The summed E-state index contributed by atoms with van der Waals surface area (Å²) in [6.45, 7) is 4.20. The second kappa shape index (κ2) is 3.11. The summed E-state index contributed by atoms with van der Waals surface area (Å²) in [6.07, 6.45) is 3.87. The Bertz CT molecular complexity index is 130. The summed E-state index contributed by atoms with van der Waals surface area (Å²) in [5.74, 6) is 1.45. The van der Waals surface area contributed by atoms with E-state index in [-0.39, 0.29) is 0 Å². The highest BCUT2D eigenvalue weighted by atomic mass is 16.3. The number of aliphatic hydroxyl groups excluding tert-OH is 1. The Kier molecular flexibility index (Phi) is 2.14. The van der Waals surface area contributed by atoms with Crippen LogP contribution in [0.5, 0.6) is 0 Å². The van der Waals surface area contributed by atoms with Crippen molar-refractivity contribution >= 4 is 0 Å². The van der Waals surface area contributed by atoms with E-state index in [2.05, 4.69) is 4.90 Å². The van der Waals surface area contributed by atoms with E-state index in [0.29, 0.717) is 12.5 Å². The molecule has 3 heterocycles. The summed E-state index contributed by atoms with van der Waals surface area (Å²) in [4.78, 5) is 2.53. The van der Waals surface area contributed by atoms with Crippen molar-refractivity contribution < 1.29 is 5.11 Å². The predicted octanol–water partition coefficient (Wildman–Crippen LogP) is 0.711. The average Bonchev–Trinajstić information content (AvgIpc) is 2.36. The van der Waals surface area contributed by atoms with Gasteiger partial charge in [0.15, 0.2) is 0 Å². The molecule has 0 aliphatic carbocycles. The number of aliphatic hydroxyl groups is 1. The molecular weight excluding hydrogens is 138 g/mol. The molecular formula is C9H17NO. The molecule has 1 atom stereocenters. The highest BCUT2D eigenvalue weighted by molar-refractivity contribution is 4.82. The Labute approximate surface area is 68.2 Å². The van der Waals surface area contributed by atoms with Crippen molar-refractivity contribution in [3.05, 3.63) is 0 Å². The first-order valence-electron chi connectivity index (χ1n) is 4.73. The molecule has 1 N–H and O–H groups in total. The summed E-state index contributed by atoms with van der Waals surface area (Å²) in [7, 11) is 0. The standard InChI is InChI=1S/C9H17NO/c11-7-9-3-6-10-4-1-8(9)2-5-10/h8-9,11H,1-7H2. The topological polar surface area (TPSA) is 23.5 Å². The molecule has 0 aromatic heterocycles. The molecule has 0 spiro atoms. The molecule has 2 heteroatoms. The van der Waals surface area contributed by atoms with E-state index in [9.17, 15) is 0 Å². The van der Waals surface area contributed by atoms with Gasteiger partial charge in [0.25, 0.3) is 0 Å². The maximum atomic E-state index is 9.12. The van der Waals surface area contributed by atoms with Crippen LogP contribution in [0.1, 0.15) is 19.3 Å². The fraction of sp³-hybridized carbons (Fsp3) is 1.00. The van der Waals surface area contributed by atoms with Crippen LogP contribution in [0.25, 0.3) is 0 Å². The Balaban J connectivity index is 2.03. The first kappa shape index (κ1) is 7.56. The van der Waals surface area contributed by atoms with Crippen LogP contribution >= 0.6 is 0 Å². The first-order valence-corrected chi connectivity index (χ1v) is 4.73.